The van der Waals surface area contributed by atoms with Crippen molar-refractivity contribution < 1.29 is 9.59 Å². The minimum atomic E-state index is -0.335. The molecular weight excluding hydrogens is 447 g/mol. The summed E-state index contributed by atoms with van der Waals surface area (Å²) in [6, 6.07) is 16.0. The van der Waals surface area contributed by atoms with Crippen LogP contribution in [0.25, 0.3) is 0 Å². The van der Waals surface area contributed by atoms with Crippen molar-refractivity contribution in [2.24, 2.45) is 0 Å². The Morgan fingerprint density at radius 1 is 1.00 bits per heavy atom. The van der Waals surface area contributed by atoms with Gasteiger partial charge in [0.05, 0.1) is 16.6 Å². The zero-order valence-electron chi connectivity index (χ0n) is 18.1. The van der Waals surface area contributed by atoms with Gasteiger partial charge in [0.1, 0.15) is 0 Å². The molecule has 32 heavy (non-hydrogen) atoms. The smallest absolute Gasteiger partial charge is 0.251 e. The highest BCUT2D eigenvalue weighted by Crippen LogP contribution is 2.24. The van der Waals surface area contributed by atoms with E-state index in [1.165, 1.54) is 11.8 Å². The largest absolute Gasteiger partial charge is 0.366 e. The van der Waals surface area contributed by atoms with Gasteiger partial charge in [0, 0.05) is 56.1 Å². The molecule has 0 aliphatic carbocycles. The number of piperazine rings is 1. The lowest BCUT2D eigenvalue weighted by Gasteiger charge is -2.43. The summed E-state index contributed by atoms with van der Waals surface area (Å²) in [5.74, 6) is -0.393. The van der Waals surface area contributed by atoms with E-state index in [0.29, 0.717) is 34.2 Å². The molecule has 0 radical (unpaired) electrons. The summed E-state index contributed by atoms with van der Waals surface area (Å²) in [6.45, 7) is 6.61. The third-order valence-electron chi connectivity index (χ3n) is 6.36. The molecule has 2 aliphatic rings. The van der Waals surface area contributed by atoms with Gasteiger partial charge in [0.25, 0.3) is 5.91 Å². The van der Waals surface area contributed by atoms with E-state index in [-0.39, 0.29) is 18.4 Å². The van der Waals surface area contributed by atoms with Crippen LogP contribution in [0.3, 0.4) is 0 Å². The molecule has 2 aliphatic heterocycles. The molecular formula is C24H28Cl2N4O2. The van der Waals surface area contributed by atoms with Gasteiger partial charge in [-0.15, -0.1) is 0 Å². The van der Waals surface area contributed by atoms with Gasteiger partial charge in [0.15, 0.2) is 0 Å². The van der Waals surface area contributed by atoms with Crippen molar-refractivity contribution in [2.45, 2.75) is 25.4 Å². The lowest BCUT2D eigenvalue weighted by Crippen LogP contribution is -2.55. The molecule has 2 aromatic rings. The second-order valence-corrected chi connectivity index (χ2v) is 9.28. The molecule has 0 aromatic heterocycles. The van der Waals surface area contributed by atoms with Crippen LogP contribution in [0.2, 0.25) is 10.0 Å². The summed E-state index contributed by atoms with van der Waals surface area (Å²) in [5.41, 5.74) is 1.65. The molecule has 0 bridgehead atoms. The van der Waals surface area contributed by atoms with E-state index in [2.05, 4.69) is 46.3 Å². The maximum atomic E-state index is 12.7. The maximum Gasteiger partial charge on any atom is 0.251 e. The number of carbonyl (C=O) groups is 2. The normalized spacial score (nSPS) is 21.6. The molecule has 170 valence electrons. The molecule has 2 aromatic carbocycles. The molecule has 8 heteroatoms. The van der Waals surface area contributed by atoms with Gasteiger partial charge in [-0.2, -0.15) is 0 Å². The summed E-state index contributed by atoms with van der Waals surface area (Å²) < 4.78 is 0. The highest BCUT2D eigenvalue weighted by atomic mass is 35.5. The highest BCUT2D eigenvalue weighted by molar-refractivity contribution is 6.42. The van der Waals surface area contributed by atoms with E-state index in [0.717, 1.165) is 32.6 Å². The average molecular weight is 475 g/mol. The number of anilines is 1. The summed E-state index contributed by atoms with van der Waals surface area (Å²) >= 11 is 11.9. The van der Waals surface area contributed by atoms with Gasteiger partial charge in [-0.1, -0.05) is 41.4 Å². The van der Waals surface area contributed by atoms with Gasteiger partial charge in [0.2, 0.25) is 5.91 Å². The number of likely N-dealkylation sites (tertiary alicyclic amines) is 1. The predicted octanol–water partition coefficient (Wildman–Crippen LogP) is 3.53. The minimum absolute atomic E-state index is 0.0238. The third-order valence-corrected chi connectivity index (χ3v) is 7.10. The number of amides is 2. The monoisotopic (exact) mass is 474 g/mol. The number of para-hydroxylation sites is 1. The van der Waals surface area contributed by atoms with E-state index in [4.69, 9.17) is 23.2 Å². The first-order chi connectivity index (χ1) is 15.4. The Kier molecular flexibility index (Phi) is 7.23. The van der Waals surface area contributed by atoms with Crippen molar-refractivity contribution in [1.29, 1.82) is 0 Å². The molecule has 0 saturated carbocycles. The Labute approximate surface area is 199 Å². The molecule has 6 nitrogen and oxygen atoms in total. The lowest BCUT2D eigenvalue weighted by molar-refractivity contribution is -0.129. The lowest BCUT2D eigenvalue weighted by atomic mass is 10.1. The van der Waals surface area contributed by atoms with Crippen molar-refractivity contribution in [3.63, 3.8) is 0 Å². The second kappa shape index (κ2) is 10.1. The highest BCUT2D eigenvalue weighted by Gasteiger charge is 2.34. The number of nitrogens with zero attached hydrogens (tertiary/aromatic N) is 3. The fraction of sp³-hybridized carbons (Fsp3) is 0.417. The van der Waals surface area contributed by atoms with Crippen LogP contribution in [0.1, 0.15) is 23.7 Å². The number of nitrogens with one attached hydrogen (secondary N) is 1. The minimum Gasteiger partial charge on any atom is -0.366 e. The maximum absolute atomic E-state index is 12.7. The predicted molar refractivity (Wildman–Crippen MR) is 129 cm³/mol. The molecule has 0 spiro atoms. The van der Waals surface area contributed by atoms with E-state index in [1.807, 2.05) is 11.0 Å². The first-order valence-corrected chi connectivity index (χ1v) is 11.7. The molecule has 2 fully saturated rings. The average Bonchev–Trinajstić information content (AvgIpc) is 3.30. The van der Waals surface area contributed by atoms with Crippen molar-refractivity contribution >= 4 is 40.7 Å². The molecule has 2 unspecified atom stereocenters. The Morgan fingerprint density at radius 3 is 2.50 bits per heavy atom. The topological polar surface area (TPSA) is 55.9 Å². The van der Waals surface area contributed by atoms with Crippen LogP contribution in [0.5, 0.6) is 0 Å². The fourth-order valence-electron chi connectivity index (χ4n) is 4.59. The standard InChI is InChI=1S/C24H28Cl2N4O2/c1-17-15-28(11-12-30(17)19-5-3-2-4-6-19)20-9-10-29(16-20)23(31)14-27-24(32)18-7-8-21(25)22(26)13-18/h2-8,13,17,20H,9-12,14-16H2,1H3,(H,27,32). The van der Waals surface area contributed by atoms with Gasteiger partial charge in [-0.05, 0) is 43.7 Å². The van der Waals surface area contributed by atoms with E-state index < -0.39 is 0 Å². The van der Waals surface area contributed by atoms with Crippen molar-refractivity contribution in [3.05, 3.63) is 64.1 Å². The van der Waals surface area contributed by atoms with Crippen LogP contribution in [0.15, 0.2) is 48.5 Å². The first kappa shape index (κ1) is 22.9. The summed E-state index contributed by atoms with van der Waals surface area (Å²) in [7, 11) is 0. The summed E-state index contributed by atoms with van der Waals surface area (Å²) in [5, 5.41) is 3.40. The van der Waals surface area contributed by atoms with Gasteiger partial charge in [-0.25, -0.2) is 0 Å². The number of carbonyl (C=O) groups excluding carboxylic acids is 2. The summed E-state index contributed by atoms with van der Waals surface area (Å²) in [4.78, 5) is 31.8. The summed E-state index contributed by atoms with van der Waals surface area (Å²) in [6.07, 6.45) is 0.963. The van der Waals surface area contributed by atoms with Crippen molar-refractivity contribution in [1.82, 2.24) is 15.1 Å². The molecule has 2 atom stereocenters. The Bertz CT molecular complexity index is 972. The molecule has 2 amide bonds. The van der Waals surface area contributed by atoms with Crippen LogP contribution in [-0.4, -0.2) is 73.0 Å². The first-order valence-electron chi connectivity index (χ1n) is 11.0. The number of benzene rings is 2. The van der Waals surface area contributed by atoms with Crippen molar-refractivity contribution in [3.8, 4) is 0 Å². The SMILES string of the molecule is CC1CN(C2CCN(C(=O)CNC(=O)c3ccc(Cl)c(Cl)c3)C2)CCN1c1ccccc1. The number of rotatable bonds is 5. The van der Waals surface area contributed by atoms with E-state index in [9.17, 15) is 9.59 Å². The quantitative estimate of drug-likeness (QED) is 0.719. The van der Waals surface area contributed by atoms with E-state index in [1.54, 1.807) is 12.1 Å². The Morgan fingerprint density at radius 2 is 1.78 bits per heavy atom. The van der Waals surface area contributed by atoms with Crippen LogP contribution in [-0.2, 0) is 4.79 Å². The van der Waals surface area contributed by atoms with Gasteiger partial charge < -0.3 is 15.1 Å². The van der Waals surface area contributed by atoms with Crippen LogP contribution >= 0.6 is 23.2 Å². The van der Waals surface area contributed by atoms with E-state index >= 15 is 0 Å². The zero-order chi connectivity index (χ0) is 22.7. The Hall–Kier alpha value is -2.28. The number of hydrogen-bond donors (Lipinski definition) is 1. The molecule has 1 N–H and O–H groups in total. The molecule has 2 saturated heterocycles. The number of halogens is 2. The second-order valence-electron chi connectivity index (χ2n) is 8.47. The molecule has 4 rings (SSSR count). The third kappa shape index (κ3) is 5.20. The van der Waals surface area contributed by atoms with Crippen molar-refractivity contribution in [2.75, 3.05) is 44.2 Å². The number of hydrogen-bond acceptors (Lipinski definition) is 4. The molecule has 2 heterocycles. The van der Waals surface area contributed by atoms with Crippen LogP contribution in [0, 0.1) is 0 Å². The Balaban J connectivity index is 1.26. The zero-order valence-corrected chi connectivity index (χ0v) is 19.6. The van der Waals surface area contributed by atoms with Crippen LogP contribution < -0.4 is 10.2 Å². The fourth-order valence-corrected chi connectivity index (χ4v) is 4.89. The van der Waals surface area contributed by atoms with Crippen LogP contribution in [0.4, 0.5) is 5.69 Å². The van der Waals surface area contributed by atoms with Gasteiger partial charge >= 0.3 is 0 Å². The van der Waals surface area contributed by atoms with Gasteiger partial charge in [-0.3, -0.25) is 14.5 Å².